The van der Waals surface area contributed by atoms with Gasteiger partial charge < -0.3 is 25.8 Å². The lowest BCUT2D eigenvalue weighted by Gasteiger charge is -2.25. The highest BCUT2D eigenvalue weighted by Gasteiger charge is 2.32. The van der Waals surface area contributed by atoms with E-state index >= 15 is 0 Å². The van der Waals surface area contributed by atoms with Crippen molar-refractivity contribution in [2.45, 2.75) is 52.2 Å². The number of hydrogen-bond acceptors (Lipinski definition) is 6. The predicted molar refractivity (Wildman–Crippen MR) is 122 cm³/mol. The van der Waals surface area contributed by atoms with Crippen LogP contribution in [0, 0.1) is 5.92 Å². The van der Waals surface area contributed by atoms with Gasteiger partial charge in [-0.3, -0.25) is 9.59 Å². The van der Waals surface area contributed by atoms with E-state index in [2.05, 4.69) is 22.2 Å². The fourth-order valence-corrected chi connectivity index (χ4v) is 2.80. The lowest BCUT2D eigenvalue weighted by Crippen LogP contribution is -2.57. The molecule has 0 aromatic carbocycles. The molecule has 1 aromatic rings. The van der Waals surface area contributed by atoms with Gasteiger partial charge in [0.05, 0.1) is 17.7 Å². The third-order valence-electron chi connectivity index (χ3n) is 4.44. The Bertz CT molecular complexity index is 821. The number of nitrogens with zero attached hydrogens (tertiary/aromatic N) is 1. The van der Waals surface area contributed by atoms with Crippen molar-refractivity contribution in [3.8, 4) is 0 Å². The van der Waals surface area contributed by atoms with E-state index in [1.54, 1.807) is 30.4 Å². The number of allylic oxidation sites excluding steroid dienone is 5. The van der Waals surface area contributed by atoms with Gasteiger partial charge in [0.1, 0.15) is 11.7 Å². The third-order valence-corrected chi connectivity index (χ3v) is 4.44. The summed E-state index contributed by atoms with van der Waals surface area (Å²) in [4.78, 5) is 29.6. The van der Waals surface area contributed by atoms with Crippen molar-refractivity contribution < 1.29 is 24.7 Å². The zero-order valence-corrected chi connectivity index (χ0v) is 18.4. The van der Waals surface area contributed by atoms with Crippen LogP contribution in [-0.2, 0) is 4.79 Å². The topological polar surface area (TPSA) is 132 Å². The van der Waals surface area contributed by atoms with E-state index < -0.39 is 37.0 Å². The van der Waals surface area contributed by atoms with Crippen LogP contribution in [-0.4, -0.2) is 57.2 Å². The van der Waals surface area contributed by atoms with Gasteiger partial charge in [-0.15, -0.1) is 0 Å². The molecule has 5 N–H and O–H groups in total. The highest BCUT2D eigenvalue weighted by Crippen LogP contribution is 2.12. The van der Waals surface area contributed by atoms with Crippen LogP contribution >= 0.6 is 0 Å². The summed E-state index contributed by atoms with van der Waals surface area (Å²) in [6.45, 7) is 10.6. The molecule has 1 unspecified atom stereocenters. The zero-order valence-electron chi connectivity index (χ0n) is 18.4. The van der Waals surface area contributed by atoms with Crippen LogP contribution in [0.4, 0.5) is 0 Å². The highest BCUT2D eigenvalue weighted by atomic mass is 16.4. The van der Waals surface area contributed by atoms with Crippen LogP contribution in [0.5, 0.6) is 0 Å². The first-order valence-corrected chi connectivity index (χ1v) is 10.2. The molecule has 0 aliphatic rings. The molecule has 31 heavy (non-hydrogen) atoms. The van der Waals surface area contributed by atoms with Crippen molar-refractivity contribution in [3.05, 3.63) is 60.5 Å². The molecular formula is C22H32BN3O5. The van der Waals surface area contributed by atoms with Gasteiger partial charge in [-0.1, -0.05) is 50.8 Å². The Morgan fingerprint density at radius 1 is 1.16 bits per heavy atom. The number of aliphatic hydroxyl groups excluding tert-OH is 1. The number of aromatic nitrogens is 1. The lowest BCUT2D eigenvalue weighted by molar-refractivity contribution is -0.125. The third kappa shape index (κ3) is 8.88. The van der Waals surface area contributed by atoms with Gasteiger partial charge in [0.25, 0.3) is 5.91 Å². The second-order valence-electron chi connectivity index (χ2n) is 7.73. The lowest BCUT2D eigenvalue weighted by atomic mass is 9.75. The maximum Gasteiger partial charge on any atom is 0.475 e. The second kappa shape index (κ2) is 12.8. The van der Waals surface area contributed by atoms with Crippen LogP contribution < -0.4 is 10.6 Å². The molecule has 0 aliphatic heterocycles. The first-order valence-electron chi connectivity index (χ1n) is 10.2. The molecule has 9 heteroatoms. The van der Waals surface area contributed by atoms with Gasteiger partial charge in [-0.2, -0.15) is 0 Å². The van der Waals surface area contributed by atoms with Gasteiger partial charge in [0, 0.05) is 0 Å². The molecule has 0 saturated carbocycles. The maximum absolute atomic E-state index is 12.7. The molecule has 8 nitrogen and oxygen atoms in total. The number of carbonyl (C=O) groups is 2. The average Bonchev–Trinajstić information content (AvgIpc) is 2.70. The molecule has 0 aliphatic carbocycles. The van der Waals surface area contributed by atoms with E-state index in [-0.39, 0.29) is 11.6 Å². The Morgan fingerprint density at radius 2 is 1.81 bits per heavy atom. The van der Waals surface area contributed by atoms with Crippen molar-refractivity contribution in [2.24, 2.45) is 5.92 Å². The number of rotatable bonds is 11. The Kier molecular flexibility index (Phi) is 10.9. The van der Waals surface area contributed by atoms with Crippen molar-refractivity contribution in [2.75, 3.05) is 0 Å². The molecule has 3 atom stereocenters. The average molecular weight is 429 g/mol. The van der Waals surface area contributed by atoms with Gasteiger partial charge in [0.2, 0.25) is 5.91 Å². The summed E-state index contributed by atoms with van der Waals surface area (Å²) in [6, 6.07) is 3.63. The summed E-state index contributed by atoms with van der Waals surface area (Å²) in [5.41, 5.74) is 1.49. The Morgan fingerprint density at radius 3 is 2.35 bits per heavy atom. The molecule has 0 fully saturated rings. The van der Waals surface area contributed by atoms with Crippen molar-refractivity contribution >= 4 is 24.5 Å². The Labute approximate surface area is 183 Å². The zero-order chi connectivity index (χ0) is 23.6. The second-order valence-corrected chi connectivity index (χ2v) is 7.73. The maximum atomic E-state index is 12.7. The fourth-order valence-electron chi connectivity index (χ4n) is 2.80. The van der Waals surface area contributed by atoms with Crippen molar-refractivity contribution in [1.82, 2.24) is 15.6 Å². The summed E-state index contributed by atoms with van der Waals surface area (Å²) in [5, 5.41) is 34.0. The quantitative estimate of drug-likeness (QED) is 0.266. The molecule has 0 spiro atoms. The van der Waals surface area contributed by atoms with E-state index in [0.717, 1.165) is 5.57 Å². The van der Waals surface area contributed by atoms with Crippen LogP contribution in [0.15, 0.2) is 49.1 Å². The summed E-state index contributed by atoms with van der Waals surface area (Å²) in [5.74, 6) is -2.19. The number of hydrogen-bond donors (Lipinski definition) is 5. The Hall–Kier alpha value is -2.75. The highest BCUT2D eigenvalue weighted by molar-refractivity contribution is 6.43. The summed E-state index contributed by atoms with van der Waals surface area (Å²) in [6.07, 6.45) is 6.14. The minimum Gasteiger partial charge on any atom is -0.426 e. The fraction of sp³-hybridized carbons (Fsp3) is 0.409. The van der Waals surface area contributed by atoms with Crippen LogP contribution in [0.3, 0.4) is 0 Å². The SMILES string of the molecule is C=C/C=C\C=C(/C)c1cccc(C(=O)N[C@H](C(=O)N[C@@H](CC(C)C)B(O)O)C(C)O)n1. The molecular weight excluding hydrogens is 397 g/mol. The predicted octanol–water partition coefficient (Wildman–Crippen LogP) is 1.25. The van der Waals surface area contributed by atoms with E-state index in [9.17, 15) is 24.7 Å². The first-order chi connectivity index (χ1) is 14.6. The van der Waals surface area contributed by atoms with Crippen LogP contribution in [0.1, 0.15) is 50.3 Å². The van der Waals surface area contributed by atoms with E-state index in [1.165, 1.54) is 13.0 Å². The largest absolute Gasteiger partial charge is 0.475 e. The molecule has 0 saturated heterocycles. The number of amides is 2. The summed E-state index contributed by atoms with van der Waals surface area (Å²) >= 11 is 0. The first kappa shape index (κ1) is 26.3. The molecule has 2 amide bonds. The molecule has 1 rings (SSSR count). The summed E-state index contributed by atoms with van der Waals surface area (Å²) < 4.78 is 0. The molecule has 1 aromatic heterocycles. The minimum absolute atomic E-state index is 0.0809. The molecule has 0 radical (unpaired) electrons. The van der Waals surface area contributed by atoms with Crippen LogP contribution in [0.25, 0.3) is 5.57 Å². The molecule has 1 heterocycles. The number of pyridine rings is 1. The standard InChI is InChI=1S/C22H32BN3O5/c1-6-7-8-10-15(4)17-11-9-12-18(24-17)21(28)26-20(16(5)27)22(29)25-19(23(30)31)13-14(2)3/h6-12,14,16,19-20,27,30-31H,1,13H2,2-5H3,(H,25,29)(H,26,28)/b8-7-,15-10+/t16?,19-,20-/m0/s1. The Balaban J connectivity index is 2.98. The van der Waals surface area contributed by atoms with E-state index in [4.69, 9.17) is 0 Å². The van der Waals surface area contributed by atoms with Gasteiger partial charge in [0.15, 0.2) is 0 Å². The monoisotopic (exact) mass is 429 g/mol. The van der Waals surface area contributed by atoms with E-state index in [0.29, 0.717) is 12.1 Å². The van der Waals surface area contributed by atoms with Crippen molar-refractivity contribution in [3.63, 3.8) is 0 Å². The number of aliphatic hydroxyl groups is 1. The van der Waals surface area contributed by atoms with E-state index in [1.807, 2.05) is 26.8 Å². The normalized spacial score (nSPS) is 14.8. The van der Waals surface area contributed by atoms with Gasteiger partial charge >= 0.3 is 7.12 Å². The molecule has 0 bridgehead atoms. The van der Waals surface area contributed by atoms with Gasteiger partial charge in [-0.25, -0.2) is 4.98 Å². The number of carbonyl (C=O) groups excluding carboxylic acids is 2. The van der Waals surface area contributed by atoms with Crippen molar-refractivity contribution in [1.29, 1.82) is 0 Å². The minimum atomic E-state index is -1.76. The van der Waals surface area contributed by atoms with Crippen LogP contribution in [0.2, 0.25) is 0 Å². The summed E-state index contributed by atoms with van der Waals surface area (Å²) in [7, 11) is -1.76. The smallest absolute Gasteiger partial charge is 0.426 e. The van der Waals surface area contributed by atoms with Gasteiger partial charge in [-0.05, 0) is 43.9 Å². The molecule has 168 valence electrons. The number of nitrogens with one attached hydrogen (secondary N) is 2.